The van der Waals surface area contributed by atoms with E-state index in [-0.39, 0.29) is 10.6 Å². The molecule has 0 bridgehead atoms. The van der Waals surface area contributed by atoms with Gasteiger partial charge in [0.15, 0.2) is 0 Å². The molecule has 0 radical (unpaired) electrons. The second-order valence-electron chi connectivity index (χ2n) is 5.26. The Morgan fingerprint density at radius 3 is 2.43 bits per heavy atom. The zero-order valence-electron chi connectivity index (χ0n) is 11.8. The lowest BCUT2D eigenvalue weighted by Gasteiger charge is -2.19. The van der Waals surface area contributed by atoms with Crippen molar-refractivity contribution < 1.29 is 26.9 Å². The van der Waals surface area contributed by atoms with Crippen molar-refractivity contribution in [1.82, 2.24) is 0 Å². The molecule has 0 saturated heterocycles. The third kappa shape index (κ3) is 7.12. The summed E-state index contributed by atoms with van der Waals surface area (Å²) < 4.78 is 53.2. The Balaban J connectivity index is 2.77. The Hall–Kier alpha value is -1.57. The maximum absolute atomic E-state index is 12.2. The van der Waals surface area contributed by atoms with Crippen molar-refractivity contribution in [3.63, 3.8) is 0 Å². The summed E-state index contributed by atoms with van der Waals surface area (Å²) in [6.07, 6.45) is -5.25. The second kappa shape index (κ2) is 6.46. The minimum Gasteiger partial charge on any atom is -0.444 e. The Labute approximate surface area is 123 Å². The van der Waals surface area contributed by atoms with Gasteiger partial charge < -0.3 is 4.74 Å². The van der Waals surface area contributed by atoms with Gasteiger partial charge in [0.1, 0.15) is 11.4 Å². The number of hydrogen-bond acceptors (Lipinski definition) is 3. The van der Waals surface area contributed by atoms with Crippen molar-refractivity contribution in [1.29, 1.82) is 0 Å². The van der Waals surface area contributed by atoms with E-state index in [9.17, 15) is 22.2 Å². The molecule has 1 rings (SSSR count). The molecule has 1 aromatic carbocycles. The van der Waals surface area contributed by atoms with Crippen LogP contribution in [0.25, 0.3) is 0 Å². The quantitative estimate of drug-likeness (QED) is 0.922. The van der Waals surface area contributed by atoms with Crippen LogP contribution < -0.4 is 5.32 Å². The predicted octanol–water partition coefficient (Wildman–Crippen LogP) is 3.70. The fourth-order valence-corrected chi connectivity index (χ4v) is 2.32. The molecular weight excluding hydrogens is 307 g/mol. The largest absolute Gasteiger partial charge is 0.444 e. The predicted molar refractivity (Wildman–Crippen MR) is 73.6 cm³/mol. The number of benzene rings is 1. The van der Waals surface area contributed by atoms with Gasteiger partial charge in [0.05, 0.1) is 10.8 Å². The van der Waals surface area contributed by atoms with E-state index < -0.39 is 34.4 Å². The fraction of sp³-hybridized carbons (Fsp3) is 0.462. The number of nitrogens with one attached hydrogen (secondary N) is 1. The van der Waals surface area contributed by atoms with Crippen molar-refractivity contribution >= 4 is 22.6 Å². The van der Waals surface area contributed by atoms with Crippen molar-refractivity contribution in [3.05, 3.63) is 24.3 Å². The van der Waals surface area contributed by atoms with Gasteiger partial charge in [-0.15, -0.1) is 0 Å². The Morgan fingerprint density at radius 1 is 1.29 bits per heavy atom. The lowest BCUT2D eigenvalue weighted by molar-refractivity contribution is -0.105. The average molecular weight is 323 g/mol. The number of rotatable bonds is 3. The Bertz CT molecular complexity index is 538. The highest BCUT2D eigenvalue weighted by Crippen LogP contribution is 2.21. The number of halogens is 3. The van der Waals surface area contributed by atoms with Gasteiger partial charge in [-0.25, -0.2) is 4.79 Å². The Morgan fingerprint density at radius 2 is 1.90 bits per heavy atom. The first-order valence-electron chi connectivity index (χ1n) is 6.01. The second-order valence-corrected chi connectivity index (χ2v) is 6.71. The summed E-state index contributed by atoms with van der Waals surface area (Å²) in [5.74, 6) is -1.43. The fourth-order valence-electron chi connectivity index (χ4n) is 1.37. The summed E-state index contributed by atoms with van der Waals surface area (Å²) in [7, 11) is -2.21. The molecule has 0 aliphatic carbocycles. The molecule has 1 N–H and O–H groups in total. The summed E-state index contributed by atoms with van der Waals surface area (Å²) in [5.41, 5.74) is -0.474. The molecule has 0 aliphatic heterocycles. The molecule has 0 spiro atoms. The maximum atomic E-state index is 12.2. The molecule has 1 aromatic rings. The normalized spacial score (nSPS) is 13.6. The molecule has 0 saturated carbocycles. The molecule has 1 unspecified atom stereocenters. The molecule has 21 heavy (non-hydrogen) atoms. The highest BCUT2D eigenvalue weighted by atomic mass is 32.2. The van der Waals surface area contributed by atoms with Crippen LogP contribution in [0.3, 0.4) is 0 Å². The lowest BCUT2D eigenvalue weighted by Crippen LogP contribution is -2.27. The first-order valence-corrected chi connectivity index (χ1v) is 7.33. The summed E-state index contributed by atoms with van der Waals surface area (Å²) >= 11 is 0. The van der Waals surface area contributed by atoms with E-state index in [1.54, 1.807) is 20.8 Å². The average Bonchev–Trinajstić information content (AvgIpc) is 2.24. The minimum absolute atomic E-state index is 0.0131. The maximum Gasteiger partial charge on any atom is 0.412 e. The van der Waals surface area contributed by atoms with E-state index in [0.717, 1.165) is 0 Å². The van der Waals surface area contributed by atoms with Gasteiger partial charge in [0.25, 0.3) is 0 Å². The van der Waals surface area contributed by atoms with Gasteiger partial charge in [-0.3, -0.25) is 9.53 Å². The topological polar surface area (TPSA) is 55.4 Å². The number of ether oxygens (including phenoxy) is 1. The smallest absolute Gasteiger partial charge is 0.412 e. The van der Waals surface area contributed by atoms with Crippen molar-refractivity contribution in [2.75, 3.05) is 11.1 Å². The lowest BCUT2D eigenvalue weighted by atomic mass is 10.2. The minimum atomic E-state index is -4.51. The summed E-state index contributed by atoms with van der Waals surface area (Å²) in [6, 6.07) is 5.42. The molecular formula is C13H16F3NO3S. The van der Waals surface area contributed by atoms with Crippen molar-refractivity contribution in [3.8, 4) is 0 Å². The molecule has 4 nitrogen and oxygen atoms in total. The highest BCUT2D eigenvalue weighted by molar-refractivity contribution is 7.85. The summed E-state index contributed by atoms with van der Waals surface area (Å²) in [6.45, 7) is 5.05. The van der Waals surface area contributed by atoms with Gasteiger partial charge in [-0.1, -0.05) is 6.07 Å². The van der Waals surface area contributed by atoms with E-state index >= 15 is 0 Å². The third-order valence-electron chi connectivity index (χ3n) is 2.04. The van der Waals surface area contributed by atoms with E-state index in [1.165, 1.54) is 24.3 Å². The van der Waals surface area contributed by atoms with Gasteiger partial charge in [-0.05, 0) is 39.0 Å². The SMILES string of the molecule is CC(C)(C)OC(=O)Nc1cccc(S(=O)CC(F)(F)F)c1. The number of alkyl halides is 3. The van der Waals surface area contributed by atoms with Gasteiger partial charge >= 0.3 is 12.3 Å². The highest BCUT2D eigenvalue weighted by Gasteiger charge is 2.31. The van der Waals surface area contributed by atoms with E-state index in [2.05, 4.69) is 5.32 Å². The number of carbonyl (C=O) groups is 1. The molecule has 0 heterocycles. The van der Waals surface area contributed by atoms with Crippen LogP contribution in [0.1, 0.15) is 20.8 Å². The van der Waals surface area contributed by atoms with Gasteiger partial charge in [0, 0.05) is 10.6 Å². The van der Waals surface area contributed by atoms with Crippen LogP contribution in [0.4, 0.5) is 23.7 Å². The van der Waals surface area contributed by atoms with E-state index in [1.807, 2.05) is 0 Å². The van der Waals surface area contributed by atoms with Gasteiger partial charge in [-0.2, -0.15) is 13.2 Å². The monoisotopic (exact) mass is 323 g/mol. The molecule has 8 heteroatoms. The number of carbonyl (C=O) groups excluding carboxylic acids is 1. The molecule has 0 aliphatic rings. The van der Waals surface area contributed by atoms with Crippen LogP contribution in [-0.2, 0) is 15.5 Å². The van der Waals surface area contributed by atoms with Crippen LogP contribution in [-0.4, -0.2) is 27.8 Å². The first-order chi connectivity index (χ1) is 9.46. The number of amides is 1. The van der Waals surface area contributed by atoms with Crippen LogP contribution in [0.2, 0.25) is 0 Å². The van der Waals surface area contributed by atoms with Crippen molar-refractivity contribution in [2.45, 2.75) is 37.4 Å². The van der Waals surface area contributed by atoms with E-state index in [4.69, 9.17) is 4.74 Å². The Kier molecular flexibility index (Phi) is 5.38. The first kappa shape index (κ1) is 17.5. The van der Waals surface area contributed by atoms with Crippen molar-refractivity contribution in [2.24, 2.45) is 0 Å². The molecule has 118 valence electrons. The zero-order chi connectivity index (χ0) is 16.3. The van der Waals surface area contributed by atoms with Crippen LogP contribution in [0.15, 0.2) is 29.2 Å². The van der Waals surface area contributed by atoms with Crippen LogP contribution in [0.5, 0.6) is 0 Å². The summed E-state index contributed by atoms with van der Waals surface area (Å²) in [4.78, 5) is 11.5. The van der Waals surface area contributed by atoms with E-state index in [0.29, 0.717) is 0 Å². The number of anilines is 1. The molecule has 1 atom stereocenters. The number of hydrogen-bond donors (Lipinski definition) is 1. The van der Waals surface area contributed by atoms with Crippen LogP contribution in [0, 0.1) is 0 Å². The van der Waals surface area contributed by atoms with Crippen LogP contribution >= 0.6 is 0 Å². The molecule has 0 aromatic heterocycles. The summed E-state index contributed by atoms with van der Waals surface area (Å²) in [5, 5.41) is 2.38. The molecule has 1 amide bonds. The standard InChI is InChI=1S/C13H16F3NO3S/c1-12(2,3)20-11(18)17-9-5-4-6-10(7-9)21(19)8-13(14,15)16/h4-7H,8H2,1-3H3,(H,17,18). The third-order valence-corrected chi connectivity index (χ3v) is 3.41. The van der Waals surface area contributed by atoms with Gasteiger partial charge in [0.2, 0.25) is 0 Å². The zero-order valence-corrected chi connectivity index (χ0v) is 12.6. The molecule has 0 fully saturated rings.